The fraction of sp³-hybridized carbons (Fsp3) is 0.217. The van der Waals surface area contributed by atoms with Gasteiger partial charge in [0.25, 0.3) is 0 Å². The van der Waals surface area contributed by atoms with Crippen molar-refractivity contribution in [3.05, 3.63) is 71.3 Å². The summed E-state index contributed by atoms with van der Waals surface area (Å²) in [6.45, 7) is 4.15. The van der Waals surface area contributed by atoms with Crippen LogP contribution in [0.5, 0.6) is 34.5 Å². The van der Waals surface area contributed by atoms with Gasteiger partial charge in [-0.1, -0.05) is 18.2 Å². The van der Waals surface area contributed by atoms with Crippen molar-refractivity contribution < 1.29 is 31.9 Å². The highest BCUT2D eigenvalue weighted by atomic mass is 16.7. The number of hydrogen-bond acceptors (Lipinski definition) is 6. The zero-order chi connectivity index (χ0) is 22.6. The zero-order valence-corrected chi connectivity index (χ0v) is 16.4. The molecule has 29 heavy (non-hydrogen) atoms. The predicted octanol–water partition coefficient (Wildman–Crippen LogP) is 4.85. The molecular weight excluding hydrogens is 372 g/mol. The van der Waals surface area contributed by atoms with Gasteiger partial charge in [0.05, 0.1) is 0 Å². The van der Waals surface area contributed by atoms with Crippen molar-refractivity contribution in [2.75, 3.05) is 13.5 Å². The van der Waals surface area contributed by atoms with Gasteiger partial charge in [-0.15, -0.1) is 0 Å². The number of ether oxygens (including phenoxy) is 4. The molecule has 5 rings (SSSR count). The van der Waals surface area contributed by atoms with E-state index in [-0.39, 0.29) is 11.5 Å². The molecule has 0 radical (unpaired) electrons. The van der Waals surface area contributed by atoms with E-state index < -0.39 is 6.75 Å². The van der Waals surface area contributed by atoms with Gasteiger partial charge in [-0.25, -0.2) is 0 Å². The molecule has 3 aromatic carbocycles. The molecule has 0 bridgehead atoms. The summed E-state index contributed by atoms with van der Waals surface area (Å²) in [5, 5.41) is 17.6. The van der Waals surface area contributed by atoms with Gasteiger partial charge in [-0.2, -0.15) is 0 Å². The van der Waals surface area contributed by atoms with E-state index in [1.165, 1.54) is 17.7 Å². The van der Waals surface area contributed by atoms with Gasteiger partial charge in [0, 0.05) is 0 Å². The zero-order valence-electron chi connectivity index (χ0n) is 18.4. The maximum Gasteiger partial charge on any atom is 0.231 e. The minimum absolute atomic E-state index is 0.0602. The Labute approximate surface area is 172 Å². The Morgan fingerprint density at radius 1 is 0.621 bits per heavy atom. The van der Waals surface area contributed by atoms with Crippen molar-refractivity contribution in [3.63, 3.8) is 0 Å². The quantitative estimate of drug-likeness (QED) is 0.527. The molecule has 3 aromatic rings. The van der Waals surface area contributed by atoms with Gasteiger partial charge in [0.2, 0.25) is 13.5 Å². The molecule has 0 atom stereocenters. The lowest BCUT2D eigenvalue weighted by atomic mass is 10.2. The summed E-state index contributed by atoms with van der Waals surface area (Å²) < 4.78 is 34.4. The Balaban J connectivity index is 0.000000133. The third-order valence-electron chi connectivity index (χ3n) is 4.06. The Kier molecular flexibility index (Phi) is 5.51. The number of hydrogen-bond donors (Lipinski definition) is 2. The summed E-state index contributed by atoms with van der Waals surface area (Å²) in [5.41, 5.74) is 3.16. The van der Waals surface area contributed by atoms with Gasteiger partial charge in [-0.05, 0) is 73.9 Å². The van der Waals surface area contributed by atoms with Crippen LogP contribution in [0.15, 0.2) is 54.6 Å². The van der Waals surface area contributed by atoms with E-state index in [1.807, 2.05) is 45.0 Å². The average Bonchev–Trinajstić information content (AvgIpc) is 3.27. The number of fused-ring (bicyclic) bond motifs is 2. The first-order chi connectivity index (χ1) is 14.6. The van der Waals surface area contributed by atoms with Gasteiger partial charge in [0.15, 0.2) is 34.5 Å². The van der Waals surface area contributed by atoms with Crippen LogP contribution >= 0.6 is 0 Å². The molecule has 0 fully saturated rings. The van der Waals surface area contributed by atoms with Crippen molar-refractivity contribution in [1.82, 2.24) is 0 Å². The van der Waals surface area contributed by atoms with E-state index in [9.17, 15) is 0 Å². The van der Waals surface area contributed by atoms with Crippen LogP contribution < -0.4 is 18.9 Å². The van der Waals surface area contributed by atoms with Crippen LogP contribution in [0, 0.1) is 20.8 Å². The van der Waals surface area contributed by atoms with E-state index >= 15 is 0 Å². The Morgan fingerprint density at radius 2 is 1.10 bits per heavy atom. The molecule has 2 heterocycles. The number of phenolic OH excluding ortho intramolecular Hbond substituents is 2. The Bertz CT molecular complexity index is 1070. The van der Waals surface area contributed by atoms with Crippen LogP contribution in [0.25, 0.3) is 0 Å². The summed E-state index contributed by atoms with van der Waals surface area (Å²) in [6.07, 6.45) is 0. The molecule has 2 N–H and O–H groups in total. The lowest BCUT2D eigenvalue weighted by molar-refractivity contribution is 0.173. The Morgan fingerprint density at radius 3 is 1.72 bits per heavy atom. The van der Waals surface area contributed by atoms with Gasteiger partial charge >= 0.3 is 0 Å². The maximum absolute atomic E-state index is 8.85. The van der Waals surface area contributed by atoms with Crippen LogP contribution in [-0.2, 0) is 0 Å². The number of rotatable bonds is 0. The van der Waals surface area contributed by atoms with E-state index in [0.29, 0.717) is 18.3 Å². The van der Waals surface area contributed by atoms with E-state index in [0.717, 1.165) is 22.6 Å². The standard InChI is InChI=1S/2C8H8O2.C7H8O2/c2*1-6-2-3-7-8(4-6)10-5-9-7;1-5-2-3-6(8)7(9)4-5/h2*2-4H,5H2,1H3;2-4,8-9H,1H3/i5D2;;. The fourth-order valence-electron chi connectivity index (χ4n) is 2.53. The van der Waals surface area contributed by atoms with Crippen LogP contribution in [0.2, 0.25) is 0 Å². The fourth-order valence-corrected chi connectivity index (χ4v) is 2.53. The third-order valence-corrected chi connectivity index (χ3v) is 4.06. The van der Waals surface area contributed by atoms with Crippen molar-refractivity contribution in [2.45, 2.75) is 20.8 Å². The summed E-state index contributed by atoms with van der Waals surface area (Å²) in [6, 6.07) is 15.9. The largest absolute Gasteiger partial charge is 0.504 e. The highest BCUT2D eigenvalue weighted by molar-refractivity contribution is 5.44. The molecule has 2 aliphatic rings. The summed E-state index contributed by atoms with van der Waals surface area (Å²) in [5.74, 6) is 2.52. The van der Waals surface area contributed by atoms with Crippen molar-refractivity contribution in [1.29, 1.82) is 0 Å². The minimum atomic E-state index is -2.00. The van der Waals surface area contributed by atoms with Crippen LogP contribution in [0.3, 0.4) is 0 Å². The molecule has 0 unspecified atom stereocenters. The lowest BCUT2D eigenvalue weighted by Gasteiger charge is -1.95. The first kappa shape index (κ1) is 17.6. The monoisotopic (exact) mass is 398 g/mol. The van der Waals surface area contributed by atoms with Crippen molar-refractivity contribution >= 4 is 0 Å². The van der Waals surface area contributed by atoms with Crippen molar-refractivity contribution in [3.8, 4) is 34.5 Å². The molecule has 0 aromatic heterocycles. The molecule has 152 valence electrons. The Hall–Kier alpha value is -3.54. The predicted molar refractivity (Wildman–Crippen MR) is 109 cm³/mol. The molecule has 6 heteroatoms. The topological polar surface area (TPSA) is 77.4 Å². The minimum Gasteiger partial charge on any atom is -0.504 e. The first-order valence-corrected chi connectivity index (χ1v) is 8.96. The second-order valence-corrected chi connectivity index (χ2v) is 6.59. The highest BCUT2D eigenvalue weighted by Crippen LogP contribution is 2.32. The van der Waals surface area contributed by atoms with Crippen molar-refractivity contribution in [2.24, 2.45) is 0 Å². The summed E-state index contributed by atoms with van der Waals surface area (Å²) in [4.78, 5) is 0. The number of aromatic hydroxyl groups is 2. The van der Waals surface area contributed by atoms with Crippen LogP contribution in [-0.4, -0.2) is 23.8 Å². The van der Waals surface area contributed by atoms with Gasteiger partial charge in [-0.3, -0.25) is 0 Å². The molecule has 0 saturated carbocycles. The molecule has 0 spiro atoms. The molecule has 2 aliphatic heterocycles. The molecule has 0 aliphatic carbocycles. The molecule has 0 amide bonds. The lowest BCUT2D eigenvalue weighted by Crippen LogP contribution is -1.92. The van der Waals surface area contributed by atoms with E-state index in [4.69, 9.17) is 31.9 Å². The maximum atomic E-state index is 8.85. The number of phenols is 2. The number of benzene rings is 3. The molecule has 0 saturated heterocycles. The second kappa shape index (κ2) is 9.10. The first-order valence-electron chi connectivity index (χ1n) is 9.96. The highest BCUT2D eigenvalue weighted by Gasteiger charge is 2.12. The van der Waals surface area contributed by atoms with E-state index in [2.05, 4.69) is 0 Å². The van der Waals surface area contributed by atoms with Gasteiger partial charge < -0.3 is 29.2 Å². The number of aryl methyl sites for hydroxylation is 3. The summed E-state index contributed by atoms with van der Waals surface area (Å²) in [7, 11) is 0. The average molecular weight is 398 g/mol. The molecule has 6 nitrogen and oxygen atoms in total. The van der Waals surface area contributed by atoms with E-state index in [1.54, 1.807) is 18.2 Å². The van der Waals surface area contributed by atoms with Crippen LogP contribution in [0.4, 0.5) is 0 Å². The SMILES string of the molecule is Cc1ccc(O)c(O)c1.Cc1ccc2c(c1)OCO2.[2H]C1([2H])Oc2ccc(C)cc2O1. The smallest absolute Gasteiger partial charge is 0.231 e. The summed E-state index contributed by atoms with van der Waals surface area (Å²) >= 11 is 0. The second-order valence-electron chi connectivity index (χ2n) is 6.59. The molecular formula is C23H24O6. The van der Waals surface area contributed by atoms with Crippen LogP contribution in [0.1, 0.15) is 19.4 Å². The normalized spacial score (nSPS) is 15.1. The van der Waals surface area contributed by atoms with Gasteiger partial charge in [0.1, 0.15) is 2.74 Å². The third kappa shape index (κ3) is 5.48.